The van der Waals surface area contributed by atoms with Crippen LogP contribution in [0.2, 0.25) is 5.15 Å². The summed E-state index contributed by atoms with van der Waals surface area (Å²) in [5.74, 6) is -1.41. The summed E-state index contributed by atoms with van der Waals surface area (Å²) in [6.07, 6.45) is 1.91. The van der Waals surface area contributed by atoms with E-state index in [0.717, 1.165) is 0 Å². The first-order chi connectivity index (χ1) is 13.0. The maximum atomic E-state index is 12.8. The third-order valence-electron chi connectivity index (χ3n) is 5.05. The Hall–Kier alpha value is -2.44. The summed E-state index contributed by atoms with van der Waals surface area (Å²) < 4.78 is 5.06. The Balaban J connectivity index is 2.02. The van der Waals surface area contributed by atoms with E-state index in [2.05, 4.69) is 10.3 Å². The summed E-state index contributed by atoms with van der Waals surface area (Å²) in [6.45, 7) is 0. The molecular formula is C20H21ClN2O4. The van der Waals surface area contributed by atoms with Gasteiger partial charge in [-0.3, -0.25) is 4.79 Å². The van der Waals surface area contributed by atoms with Gasteiger partial charge >= 0.3 is 5.97 Å². The zero-order valence-electron chi connectivity index (χ0n) is 14.9. The molecule has 0 radical (unpaired) electrons. The number of nitrogens with zero attached hydrogens (tertiary/aromatic N) is 1. The first-order valence-corrected chi connectivity index (χ1v) is 9.09. The summed E-state index contributed by atoms with van der Waals surface area (Å²) in [4.78, 5) is 29.8. The lowest BCUT2D eigenvalue weighted by atomic mass is 9.68. The monoisotopic (exact) mass is 388 g/mol. The molecule has 0 bridgehead atoms. The molecule has 1 aromatic heterocycles. The molecule has 3 atom stereocenters. The Morgan fingerprint density at radius 1 is 1.26 bits per heavy atom. The molecule has 1 saturated carbocycles. The number of benzene rings is 1. The van der Waals surface area contributed by atoms with Crippen molar-refractivity contribution in [2.45, 2.75) is 36.8 Å². The van der Waals surface area contributed by atoms with E-state index in [1.165, 1.54) is 7.11 Å². The van der Waals surface area contributed by atoms with E-state index in [9.17, 15) is 14.7 Å². The Kier molecular flexibility index (Phi) is 5.77. The zero-order chi connectivity index (χ0) is 19.4. The topological polar surface area (TPSA) is 88.5 Å². The number of pyridine rings is 1. The number of methoxy groups -OCH3 is 1. The number of carbonyl (C=O) groups is 2. The van der Waals surface area contributed by atoms with Crippen LogP contribution in [0.1, 0.15) is 41.1 Å². The third kappa shape index (κ3) is 3.96. The van der Waals surface area contributed by atoms with Crippen LogP contribution in [0.5, 0.6) is 0 Å². The number of esters is 1. The van der Waals surface area contributed by atoms with E-state index in [1.807, 2.05) is 6.07 Å². The molecule has 1 aliphatic rings. The molecule has 0 aliphatic heterocycles. The molecule has 1 amide bonds. The summed E-state index contributed by atoms with van der Waals surface area (Å²) in [5.41, 5.74) is -0.145. The number of carbonyl (C=O) groups excluding carboxylic acids is 2. The van der Waals surface area contributed by atoms with Crippen LogP contribution in [0, 0.1) is 0 Å². The van der Waals surface area contributed by atoms with Crippen LogP contribution in [0.4, 0.5) is 0 Å². The highest BCUT2D eigenvalue weighted by molar-refractivity contribution is 6.29. The molecule has 1 heterocycles. The molecule has 2 aromatic rings. The Morgan fingerprint density at radius 3 is 2.63 bits per heavy atom. The fourth-order valence-corrected chi connectivity index (χ4v) is 3.78. The summed E-state index contributed by atoms with van der Waals surface area (Å²) >= 11 is 5.88. The summed E-state index contributed by atoms with van der Waals surface area (Å²) in [5, 5.41) is 13.4. The number of ether oxygens (including phenoxy) is 1. The van der Waals surface area contributed by atoms with Crippen molar-refractivity contribution in [1.82, 2.24) is 10.3 Å². The standard InChI is InChI=1S/C20H21ClN2O4/c1-27-19(26)20(23-18(25)13-5-3-2-4-6-13)10-9-15(24)11-16(20)14-7-8-17(21)22-12-14/h2-8,12,15-16,24H,9-11H2,1H3,(H,23,25)/t15-,16-,20-/m1/s1. The predicted molar refractivity (Wildman–Crippen MR) is 101 cm³/mol. The Bertz CT molecular complexity index is 812. The molecule has 6 nitrogen and oxygen atoms in total. The number of hydrogen-bond acceptors (Lipinski definition) is 5. The smallest absolute Gasteiger partial charge is 0.332 e. The molecule has 0 saturated heterocycles. The van der Waals surface area contributed by atoms with Crippen LogP contribution in [0.3, 0.4) is 0 Å². The van der Waals surface area contributed by atoms with Crippen molar-refractivity contribution >= 4 is 23.5 Å². The molecule has 0 spiro atoms. The third-order valence-corrected chi connectivity index (χ3v) is 5.27. The lowest BCUT2D eigenvalue weighted by Crippen LogP contribution is -2.61. The molecule has 7 heteroatoms. The van der Waals surface area contributed by atoms with Gasteiger partial charge in [0.15, 0.2) is 0 Å². The number of halogens is 1. The second kappa shape index (κ2) is 8.06. The SMILES string of the molecule is COC(=O)[C@@]1(NC(=O)c2ccccc2)CC[C@@H](O)C[C@@H]1c1ccc(Cl)nc1. The highest BCUT2D eigenvalue weighted by Crippen LogP contribution is 2.42. The first kappa shape index (κ1) is 19.3. The molecular weight excluding hydrogens is 368 g/mol. The molecule has 0 unspecified atom stereocenters. The maximum Gasteiger partial charge on any atom is 0.332 e. The summed E-state index contributed by atoms with van der Waals surface area (Å²) in [6, 6.07) is 12.1. The number of aromatic nitrogens is 1. The van der Waals surface area contributed by atoms with E-state index in [4.69, 9.17) is 16.3 Å². The fourth-order valence-electron chi connectivity index (χ4n) is 3.66. The van der Waals surface area contributed by atoms with E-state index >= 15 is 0 Å². The van der Waals surface area contributed by atoms with Gasteiger partial charge in [0.05, 0.1) is 13.2 Å². The number of aliphatic hydroxyl groups is 1. The first-order valence-electron chi connectivity index (χ1n) is 8.72. The molecule has 142 valence electrons. The van der Waals surface area contributed by atoms with E-state index in [1.54, 1.807) is 42.6 Å². The van der Waals surface area contributed by atoms with Crippen LogP contribution < -0.4 is 5.32 Å². The minimum absolute atomic E-state index is 0.257. The van der Waals surface area contributed by atoms with Crippen molar-refractivity contribution < 1.29 is 19.4 Å². The quantitative estimate of drug-likeness (QED) is 0.621. The van der Waals surface area contributed by atoms with Gasteiger partial charge in [-0.2, -0.15) is 0 Å². The van der Waals surface area contributed by atoms with Gasteiger partial charge in [0.1, 0.15) is 10.7 Å². The van der Waals surface area contributed by atoms with Gasteiger partial charge in [-0.15, -0.1) is 0 Å². The van der Waals surface area contributed by atoms with Gasteiger partial charge in [0, 0.05) is 17.7 Å². The van der Waals surface area contributed by atoms with Gasteiger partial charge < -0.3 is 15.2 Å². The molecule has 3 rings (SSSR count). The largest absolute Gasteiger partial charge is 0.467 e. The van der Waals surface area contributed by atoms with Crippen molar-refractivity contribution in [2.24, 2.45) is 0 Å². The second-order valence-corrected chi connectivity index (χ2v) is 7.07. The van der Waals surface area contributed by atoms with Crippen molar-refractivity contribution in [2.75, 3.05) is 7.11 Å². The predicted octanol–water partition coefficient (Wildman–Crippen LogP) is 2.71. The number of aliphatic hydroxyl groups excluding tert-OH is 1. The van der Waals surface area contributed by atoms with Crippen LogP contribution in [0.15, 0.2) is 48.7 Å². The van der Waals surface area contributed by atoms with Crippen LogP contribution in [0.25, 0.3) is 0 Å². The van der Waals surface area contributed by atoms with Crippen molar-refractivity contribution in [3.63, 3.8) is 0 Å². The molecule has 1 aromatic carbocycles. The maximum absolute atomic E-state index is 12.8. The fraction of sp³-hybridized carbons (Fsp3) is 0.350. The van der Waals surface area contributed by atoms with Crippen molar-refractivity contribution in [1.29, 1.82) is 0 Å². The van der Waals surface area contributed by atoms with Crippen molar-refractivity contribution in [3.05, 3.63) is 64.9 Å². The highest BCUT2D eigenvalue weighted by Gasteiger charge is 2.52. The van der Waals surface area contributed by atoms with Crippen molar-refractivity contribution in [3.8, 4) is 0 Å². The number of hydrogen-bond donors (Lipinski definition) is 2. The molecule has 1 aliphatic carbocycles. The van der Waals surface area contributed by atoms with Gasteiger partial charge in [-0.1, -0.05) is 35.9 Å². The average molecular weight is 389 g/mol. The van der Waals surface area contributed by atoms with Crippen LogP contribution in [-0.2, 0) is 9.53 Å². The highest BCUT2D eigenvalue weighted by atomic mass is 35.5. The number of nitrogens with one attached hydrogen (secondary N) is 1. The van der Waals surface area contributed by atoms with Crippen LogP contribution >= 0.6 is 11.6 Å². The minimum Gasteiger partial charge on any atom is -0.467 e. The zero-order valence-corrected chi connectivity index (χ0v) is 15.6. The van der Waals surface area contributed by atoms with Gasteiger partial charge in [-0.05, 0) is 43.0 Å². The van der Waals surface area contributed by atoms with Gasteiger partial charge in [-0.25, -0.2) is 9.78 Å². The number of rotatable bonds is 4. The molecule has 1 fully saturated rings. The van der Waals surface area contributed by atoms with E-state index in [0.29, 0.717) is 29.1 Å². The second-order valence-electron chi connectivity index (χ2n) is 6.68. The minimum atomic E-state index is -1.30. The lowest BCUT2D eigenvalue weighted by Gasteiger charge is -2.43. The normalized spacial score (nSPS) is 24.9. The Morgan fingerprint density at radius 2 is 2.00 bits per heavy atom. The Labute approximate surface area is 162 Å². The number of amides is 1. The van der Waals surface area contributed by atoms with Gasteiger partial charge in [0.25, 0.3) is 5.91 Å². The lowest BCUT2D eigenvalue weighted by molar-refractivity contribution is -0.151. The summed E-state index contributed by atoms with van der Waals surface area (Å²) in [7, 11) is 1.29. The van der Waals surface area contributed by atoms with E-state index in [-0.39, 0.29) is 12.3 Å². The molecule has 2 N–H and O–H groups in total. The van der Waals surface area contributed by atoms with E-state index < -0.39 is 23.5 Å². The molecule has 27 heavy (non-hydrogen) atoms. The van der Waals surface area contributed by atoms with Gasteiger partial charge in [0.2, 0.25) is 0 Å². The van der Waals surface area contributed by atoms with Crippen LogP contribution in [-0.4, -0.2) is 40.7 Å². The average Bonchev–Trinajstić information content (AvgIpc) is 2.70.